The summed E-state index contributed by atoms with van der Waals surface area (Å²) in [6, 6.07) is 7.78. The fourth-order valence-electron chi connectivity index (χ4n) is 2.38. The maximum Gasteiger partial charge on any atom is 0.342 e. The molecule has 2 aromatic rings. The van der Waals surface area contributed by atoms with Crippen LogP contribution < -0.4 is 10.1 Å². The normalized spacial score (nSPS) is 9.97. The van der Waals surface area contributed by atoms with Gasteiger partial charge < -0.3 is 29.4 Å². The summed E-state index contributed by atoms with van der Waals surface area (Å²) in [6.45, 7) is -0.689. The number of benzene rings is 2. The Kier molecular flexibility index (Phi) is 7.34. The fraction of sp³-hybridized carbons (Fsp3) is 0.200. The van der Waals surface area contributed by atoms with E-state index >= 15 is 0 Å². The molecule has 0 spiro atoms. The van der Waals surface area contributed by atoms with Crippen molar-refractivity contribution in [3.63, 3.8) is 0 Å². The van der Waals surface area contributed by atoms with E-state index in [-0.39, 0.29) is 28.1 Å². The molecular formula is C20H19NO9. The third-order valence-electron chi connectivity index (χ3n) is 3.82. The molecule has 0 fully saturated rings. The zero-order valence-electron chi connectivity index (χ0n) is 16.4. The lowest BCUT2D eigenvalue weighted by atomic mass is 10.1. The number of phenolic OH excluding ortho intramolecular Hbond substituents is 1. The molecule has 0 heterocycles. The van der Waals surface area contributed by atoms with Crippen LogP contribution in [0.15, 0.2) is 36.4 Å². The number of esters is 3. The molecule has 1 amide bonds. The first-order chi connectivity index (χ1) is 14.3. The molecule has 0 atom stereocenters. The average Bonchev–Trinajstić information content (AvgIpc) is 2.76. The SMILES string of the molecule is COC(=O)c1cc(NC(=O)COC(=O)c2cc(OC)ccc2O)cc(C(=O)OC)c1. The smallest absolute Gasteiger partial charge is 0.342 e. The summed E-state index contributed by atoms with van der Waals surface area (Å²) in [7, 11) is 3.72. The molecular weight excluding hydrogens is 398 g/mol. The Hall–Kier alpha value is -4.08. The number of rotatable bonds is 7. The van der Waals surface area contributed by atoms with Crippen LogP contribution in [0, 0.1) is 0 Å². The van der Waals surface area contributed by atoms with E-state index in [4.69, 9.17) is 9.47 Å². The molecule has 0 radical (unpaired) electrons. The number of carbonyl (C=O) groups is 4. The third kappa shape index (κ3) is 5.47. The predicted octanol–water partition coefficient (Wildman–Crippen LogP) is 1.77. The van der Waals surface area contributed by atoms with Crippen molar-refractivity contribution in [1.29, 1.82) is 0 Å². The summed E-state index contributed by atoms with van der Waals surface area (Å²) in [4.78, 5) is 47.8. The third-order valence-corrected chi connectivity index (χ3v) is 3.82. The molecule has 2 aromatic carbocycles. The van der Waals surface area contributed by atoms with Gasteiger partial charge in [0.2, 0.25) is 0 Å². The van der Waals surface area contributed by atoms with E-state index in [1.165, 1.54) is 57.7 Å². The molecule has 158 valence electrons. The minimum absolute atomic E-state index is 0.00833. The number of hydrogen-bond acceptors (Lipinski definition) is 9. The van der Waals surface area contributed by atoms with Crippen LogP contribution in [0.1, 0.15) is 31.1 Å². The van der Waals surface area contributed by atoms with Crippen molar-refractivity contribution in [3.8, 4) is 11.5 Å². The van der Waals surface area contributed by atoms with Gasteiger partial charge in [0.25, 0.3) is 5.91 Å². The molecule has 0 saturated heterocycles. The Bertz CT molecular complexity index is 950. The summed E-state index contributed by atoms with van der Waals surface area (Å²) in [5, 5.41) is 12.2. The van der Waals surface area contributed by atoms with Crippen LogP contribution >= 0.6 is 0 Å². The van der Waals surface area contributed by atoms with E-state index in [1.54, 1.807) is 0 Å². The van der Waals surface area contributed by atoms with Crippen LogP contribution in [0.4, 0.5) is 5.69 Å². The highest BCUT2D eigenvalue weighted by molar-refractivity contribution is 6.00. The van der Waals surface area contributed by atoms with Crippen LogP contribution in [-0.4, -0.2) is 56.9 Å². The second kappa shape index (κ2) is 9.92. The van der Waals surface area contributed by atoms with E-state index < -0.39 is 30.4 Å². The number of aromatic hydroxyl groups is 1. The standard InChI is InChI=1S/C20H19NO9/c1-27-14-4-5-16(22)15(9-14)20(26)30-10-17(23)21-13-7-11(18(24)28-2)6-12(8-13)19(25)29-3/h4-9,22H,10H2,1-3H3,(H,21,23). The van der Waals surface area contributed by atoms with Crippen LogP contribution in [0.3, 0.4) is 0 Å². The number of hydrogen-bond donors (Lipinski definition) is 2. The monoisotopic (exact) mass is 417 g/mol. The molecule has 30 heavy (non-hydrogen) atoms. The van der Waals surface area contributed by atoms with Gasteiger partial charge in [0, 0.05) is 5.69 Å². The topological polar surface area (TPSA) is 137 Å². The highest BCUT2D eigenvalue weighted by Crippen LogP contribution is 2.23. The average molecular weight is 417 g/mol. The van der Waals surface area contributed by atoms with Gasteiger partial charge in [-0.05, 0) is 36.4 Å². The largest absolute Gasteiger partial charge is 0.507 e. The van der Waals surface area contributed by atoms with Gasteiger partial charge >= 0.3 is 17.9 Å². The number of phenols is 1. The first-order valence-electron chi connectivity index (χ1n) is 8.44. The van der Waals surface area contributed by atoms with Crippen molar-refractivity contribution in [1.82, 2.24) is 0 Å². The molecule has 0 aromatic heterocycles. The highest BCUT2D eigenvalue weighted by Gasteiger charge is 2.18. The maximum atomic E-state index is 12.1. The second-order valence-corrected chi connectivity index (χ2v) is 5.79. The summed E-state index contributed by atoms with van der Waals surface area (Å²) >= 11 is 0. The van der Waals surface area contributed by atoms with E-state index in [0.29, 0.717) is 5.75 Å². The summed E-state index contributed by atoms with van der Waals surface area (Å²) in [6.07, 6.45) is 0. The molecule has 10 nitrogen and oxygen atoms in total. The van der Waals surface area contributed by atoms with Crippen molar-refractivity contribution in [2.75, 3.05) is 33.3 Å². The van der Waals surface area contributed by atoms with Crippen LogP contribution in [-0.2, 0) is 19.0 Å². The zero-order chi connectivity index (χ0) is 22.3. The van der Waals surface area contributed by atoms with E-state index in [0.717, 1.165) is 0 Å². The molecule has 2 N–H and O–H groups in total. The molecule has 0 saturated carbocycles. The Morgan fingerprint density at radius 1 is 0.867 bits per heavy atom. The van der Waals surface area contributed by atoms with Crippen molar-refractivity contribution in [3.05, 3.63) is 53.1 Å². The first kappa shape index (κ1) is 22.2. The van der Waals surface area contributed by atoms with Gasteiger partial charge in [-0.15, -0.1) is 0 Å². The van der Waals surface area contributed by atoms with Gasteiger partial charge in [0.05, 0.1) is 32.5 Å². The number of carbonyl (C=O) groups excluding carboxylic acids is 4. The first-order valence-corrected chi connectivity index (χ1v) is 8.44. The van der Waals surface area contributed by atoms with Crippen molar-refractivity contribution in [2.24, 2.45) is 0 Å². The fourth-order valence-corrected chi connectivity index (χ4v) is 2.38. The minimum atomic E-state index is -0.944. The lowest BCUT2D eigenvalue weighted by Crippen LogP contribution is -2.21. The van der Waals surface area contributed by atoms with E-state index in [2.05, 4.69) is 14.8 Å². The van der Waals surface area contributed by atoms with Crippen molar-refractivity contribution >= 4 is 29.5 Å². The summed E-state index contributed by atoms with van der Waals surface area (Å²) < 4.78 is 19.1. The predicted molar refractivity (Wildman–Crippen MR) is 103 cm³/mol. The highest BCUT2D eigenvalue weighted by atomic mass is 16.5. The van der Waals surface area contributed by atoms with E-state index in [1.807, 2.05) is 0 Å². The molecule has 0 bridgehead atoms. The Morgan fingerprint density at radius 3 is 2.00 bits per heavy atom. The summed E-state index contributed by atoms with van der Waals surface area (Å²) in [5.41, 5.74) is -0.0746. The lowest BCUT2D eigenvalue weighted by molar-refractivity contribution is -0.119. The number of nitrogens with one attached hydrogen (secondary N) is 1. The number of amides is 1. The lowest BCUT2D eigenvalue weighted by Gasteiger charge is -2.10. The molecule has 0 aliphatic rings. The van der Waals surface area contributed by atoms with Crippen LogP contribution in [0.25, 0.3) is 0 Å². The molecule has 0 unspecified atom stereocenters. The van der Waals surface area contributed by atoms with Gasteiger partial charge in [0.1, 0.15) is 17.1 Å². The molecule has 0 aliphatic carbocycles. The van der Waals surface area contributed by atoms with Gasteiger partial charge in [-0.2, -0.15) is 0 Å². The quantitative estimate of drug-likeness (QED) is 0.510. The van der Waals surface area contributed by atoms with Gasteiger partial charge in [-0.1, -0.05) is 0 Å². The summed E-state index contributed by atoms with van der Waals surface area (Å²) in [5.74, 6) is -3.16. The zero-order valence-corrected chi connectivity index (χ0v) is 16.4. The van der Waals surface area contributed by atoms with Crippen LogP contribution in [0.5, 0.6) is 11.5 Å². The number of anilines is 1. The molecule has 10 heteroatoms. The molecule has 0 aliphatic heterocycles. The van der Waals surface area contributed by atoms with E-state index in [9.17, 15) is 24.3 Å². The number of methoxy groups -OCH3 is 3. The van der Waals surface area contributed by atoms with Crippen molar-refractivity contribution < 1.29 is 43.2 Å². The Morgan fingerprint density at radius 2 is 1.47 bits per heavy atom. The second-order valence-electron chi connectivity index (χ2n) is 5.79. The van der Waals surface area contributed by atoms with Gasteiger partial charge in [-0.25, -0.2) is 14.4 Å². The van der Waals surface area contributed by atoms with Crippen molar-refractivity contribution in [2.45, 2.75) is 0 Å². The number of ether oxygens (including phenoxy) is 4. The van der Waals surface area contributed by atoms with Gasteiger partial charge in [-0.3, -0.25) is 4.79 Å². The molecule has 2 rings (SSSR count). The Labute approximate surface area is 171 Å². The maximum absolute atomic E-state index is 12.1. The minimum Gasteiger partial charge on any atom is -0.507 e. The Balaban J connectivity index is 2.11. The van der Waals surface area contributed by atoms with Gasteiger partial charge in [0.15, 0.2) is 6.61 Å². The van der Waals surface area contributed by atoms with Crippen LogP contribution in [0.2, 0.25) is 0 Å².